The molecule has 0 aromatic carbocycles. The zero-order chi connectivity index (χ0) is 14.7. The minimum Gasteiger partial charge on any atom is -0.375 e. The average Bonchev–Trinajstić information content (AvgIpc) is 2.74. The first-order valence-electron chi connectivity index (χ1n) is 7.08. The second-order valence-electron chi connectivity index (χ2n) is 5.63. The molecule has 0 atom stereocenters. The van der Waals surface area contributed by atoms with Gasteiger partial charge in [0.15, 0.2) is 5.13 Å². The van der Waals surface area contributed by atoms with Crippen molar-refractivity contribution in [3.63, 3.8) is 0 Å². The first-order chi connectivity index (χ1) is 9.47. The Bertz CT molecular complexity index is 467. The van der Waals surface area contributed by atoms with Crippen molar-refractivity contribution in [3.05, 3.63) is 5.69 Å². The number of nitrogen functional groups attached to an aromatic ring is 1. The Morgan fingerprint density at radius 2 is 2.10 bits per heavy atom. The van der Waals surface area contributed by atoms with Gasteiger partial charge in [0.1, 0.15) is 0 Å². The van der Waals surface area contributed by atoms with E-state index in [9.17, 15) is 4.79 Å². The zero-order valence-electron chi connectivity index (χ0n) is 12.4. The van der Waals surface area contributed by atoms with Crippen LogP contribution in [0.3, 0.4) is 0 Å². The maximum atomic E-state index is 12.3. The molecule has 1 aliphatic rings. The van der Waals surface area contributed by atoms with Crippen molar-refractivity contribution in [3.8, 4) is 0 Å². The third-order valence-electron chi connectivity index (χ3n) is 4.02. The number of aryl methyl sites for hydroxylation is 1. The van der Waals surface area contributed by atoms with Crippen molar-refractivity contribution in [1.29, 1.82) is 0 Å². The summed E-state index contributed by atoms with van der Waals surface area (Å²) in [7, 11) is 1.94. The fourth-order valence-corrected chi connectivity index (χ4v) is 4.55. The van der Waals surface area contributed by atoms with E-state index in [1.165, 1.54) is 24.2 Å². The number of thiazole rings is 1. The molecular formula is C14H23N3OS2. The highest BCUT2D eigenvalue weighted by atomic mass is 32.2. The molecule has 0 aliphatic heterocycles. The molecule has 1 aromatic rings. The van der Waals surface area contributed by atoms with E-state index in [0.29, 0.717) is 16.9 Å². The molecule has 4 nitrogen and oxygen atoms in total. The molecule has 2 N–H and O–H groups in total. The van der Waals surface area contributed by atoms with Crippen molar-refractivity contribution in [2.75, 3.05) is 18.5 Å². The fraction of sp³-hybridized carbons (Fsp3) is 0.714. The summed E-state index contributed by atoms with van der Waals surface area (Å²) in [5, 5.41) is 0.576. The highest BCUT2D eigenvalue weighted by Gasteiger charge is 2.24. The van der Waals surface area contributed by atoms with E-state index in [0.717, 1.165) is 28.7 Å². The van der Waals surface area contributed by atoms with Gasteiger partial charge in [0.25, 0.3) is 0 Å². The predicted molar refractivity (Wildman–Crippen MR) is 86.2 cm³/mol. The van der Waals surface area contributed by atoms with Crippen molar-refractivity contribution < 1.29 is 4.79 Å². The van der Waals surface area contributed by atoms with Crippen molar-refractivity contribution >= 4 is 34.1 Å². The van der Waals surface area contributed by atoms with Gasteiger partial charge in [-0.25, -0.2) is 4.98 Å². The van der Waals surface area contributed by atoms with Gasteiger partial charge in [-0.3, -0.25) is 4.79 Å². The number of amides is 1. The number of aromatic nitrogens is 1. The van der Waals surface area contributed by atoms with Gasteiger partial charge in [0.05, 0.1) is 15.7 Å². The fourth-order valence-electron chi connectivity index (χ4n) is 2.60. The lowest BCUT2D eigenvalue weighted by Crippen LogP contribution is -2.40. The van der Waals surface area contributed by atoms with Gasteiger partial charge in [-0.05, 0) is 38.5 Å². The minimum atomic E-state index is 0.209. The van der Waals surface area contributed by atoms with E-state index >= 15 is 0 Å². The molecule has 20 heavy (non-hydrogen) atoms. The number of carbonyl (C=O) groups excluding carboxylic acids is 1. The van der Waals surface area contributed by atoms with Crippen LogP contribution in [0.25, 0.3) is 0 Å². The summed E-state index contributed by atoms with van der Waals surface area (Å²) >= 11 is 3.02. The lowest BCUT2D eigenvalue weighted by molar-refractivity contribution is -0.129. The lowest BCUT2D eigenvalue weighted by Gasteiger charge is -2.33. The first kappa shape index (κ1) is 15.6. The van der Waals surface area contributed by atoms with Gasteiger partial charge >= 0.3 is 0 Å². The molecule has 1 amide bonds. The normalized spacial score (nSPS) is 22.8. The molecule has 1 heterocycles. The Hall–Kier alpha value is -0.750. The van der Waals surface area contributed by atoms with Crippen LogP contribution in [0.2, 0.25) is 0 Å². The molecular weight excluding hydrogens is 290 g/mol. The summed E-state index contributed by atoms with van der Waals surface area (Å²) in [5.41, 5.74) is 6.60. The molecule has 1 saturated carbocycles. The van der Waals surface area contributed by atoms with Crippen LogP contribution in [0.5, 0.6) is 0 Å². The van der Waals surface area contributed by atoms with Gasteiger partial charge in [-0.1, -0.05) is 18.3 Å². The lowest BCUT2D eigenvalue weighted by atomic mass is 9.87. The quantitative estimate of drug-likeness (QED) is 0.867. The average molecular weight is 313 g/mol. The van der Waals surface area contributed by atoms with Crippen LogP contribution in [-0.4, -0.2) is 34.6 Å². The van der Waals surface area contributed by atoms with Gasteiger partial charge in [0, 0.05) is 13.1 Å². The van der Waals surface area contributed by atoms with Crippen LogP contribution < -0.4 is 5.73 Å². The molecule has 0 unspecified atom stereocenters. The third kappa shape index (κ3) is 3.88. The Kier molecular flexibility index (Phi) is 5.32. The van der Waals surface area contributed by atoms with Crippen LogP contribution in [-0.2, 0) is 4.79 Å². The third-order valence-corrected chi connectivity index (χ3v) is 6.36. The van der Waals surface area contributed by atoms with Gasteiger partial charge < -0.3 is 10.6 Å². The van der Waals surface area contributed by atoms with Crippen molar-refractivity contribution in [2.24, 2.45) is 5.92 Å². The van der Waals surface area contributed by atoms with E-state index in [4.69, 9.17) is 5.73 Å². The predicted octanol–water partition coefficient (Wildman–Crippen LogP) is 3.16. The van der Waals surface area contributed by atoms with E-state index < -0.39 is 0 Å². The van der Waals surface area contributed by atoms with Crippen molar-refractivity contribution in [1.82, 2.24) is 9.88 Å². The molecule has 1 aromatic heterocycles. The summed E-state index contributed by atoms with van der Waals surface area (Å²) in [5.74, 6) is 1.50. The summed E-state index contributed by atoms with van der Waals surface area (Å²) in [6.45, 7) is 4.23. The summed E-state index contributed by atoms with van der Waals surface area (Å²) in [6.07, 6.45) is 4.75. The highest BCUT2D eigenvalue weighted by Crippen LogP contribution is 2.31. The molecule has 2 rings (SSSR count). The number of anilines is 1. The Morgan fingerprint density at radius 1 is 1.45 bits per heavy atom. The second-order valence-corrected chi connectivity index (χ2v) is 7.91. The Balaban J connectivity index is 1.83. The molecule has 0 saturated heterocycles. The van der Waals surface area contributed by atoms with Crippen LogP contribution in [0.15, 0.2) is 4.21 Å². The molecule has 0 bridgehead atoms. The minimum absolute atomic E-state index is 0.209. The van der Waals surface area contributed by atoms with Crippen LogP contribution in [0.4, 0.5) is 5.13 Å². The van der Waals surface area contributed by atoms with Gasteiger partial charge in [-0.15, -0.1) is 11.8 Å². The Morgan fingerprint density at radius 3 is 2.65 bits per heavy atom. The molecule has 6 heteroatoms. The maximum absolute atomic E-state index is 12.3. The van der Waals surface area contributed by atoms with E-state index in [-0.39, 0.29) is 5.91 Å². The number of nitrogens with two attached hydrogens (primary N) is 1. The number of carbonyl (C=O) groups is 1. The van der Waals surface area contributed by atoms with Crippen LogP contribution >= 0.6 is 23.1 Å². The SMILES string of the molecule is Cc1nc(N)sc1SCC(=O)N(C)C1CCC(C)CC1. The number of hydrogen-bond donors (Lipinski definition) is 1. The maximum Gasteiger partial charge on any atom is 0.232 e. The van der Waals surface area contributed by atoms with Crippen molar-refractivity contribution in [2.45, 2.75) is 49.8 Å². The largest absolute Gasteiger partial charge is 0.375 e. The van der Waals surface area contributed by atoms with E-state index in [1.807, 2.05) is 18.9 Å². The van der Waals surface area contributed by atoms with Crippen LogP contribution in [0.1, 0.15) is 38.3 Å². The standard InChI is InChI=1S/C14H23N3OS2/c1-9-4-6-11(7-5-9)17(3)12(18)8-19-13-10(2)16-14(15)20-13/h9,11H,4-8H2,1-3H3,(H2,15,16). The molecule has 0 spiro atoms. The monoisotopic (exact) mass is 313 g/mol. The Labute approximate surface area is 129 Å². The topological polar surface area (TPSA) is 59.2 Å². The summed E-state index contributed by atoms with van der Waals surface area (Å²) in [6, 6.07) is 0.423. The number of hydrogen-bond acceptors (Lipinski definition) is 5. The highest BCUT2D eigenvalue weighted by molar-refractivity contribution is 8.01. The molecule has 1 aliphatic carbocycles. The molecule has 1 fully saturated rings. The van der Waals surface area contributed by atoms with E-state index in [1.54, 1.807) is 11.8 Å². The number of thioether (sulfide) groups is 1. The second kappa shape index (κ2) is 6.80. The summed E-state index contributed by atoms with van der Waals surface area (Å²) in [4.78, 5) is 18.4. The smallest absolute Gasteiger partial charge is 0.232 e. The molecule has 0 radical (unpaired) electrons. The van der Waals surface area contributed by atoms with Gasteiger partial charge in [0.2, 0.25) is 5.91 Å². The van der Waals surface area contributed by atoms with Gasteiger partial charge in [-0.2, -0.15) is 0 Å². The summed E-state index contributed by atoms with van der Waals surface area (Å²) < 4.78 is 1.06. The zero-order valence-corrected chi connectivity index (χ0v) is 14.0. The van der Waals surface area contributed by atoms with E-state index in [2.05, 4.69) is 11.9 Å². The van der Waals surface area contributed by atoms with Crippen LogP contribution in [0, 0.1) is 12.8 Å². The number of rotatable bonds is 4. The number of nitrogens with zero attached hydrogens (tertiary/aromatic N) is 2. The first-order valence-corrected chi connectivity index (χ1v) is 8.89. The molecule has 112 valence electrons.